The first-order chi connectivity index (χ1) is 14.0. The molecule has 0 bridgehead atoms. The first kappa shape index (κ1) is 23.8. The largest absolute Gasteiger partial charge is 0.356 e. The van der Waals surface area contributed by atoms with Gasteiger partial charge in [-0.25, -0.2) is 0 Å². The van der Waals surface area contributed by atoms with E-state index in [9.17, 15) is 0 Å². The van der Waals surface area contributed by atoms with Crippen LogP contribution in [0.4, 0.5) is 0 Å². The summed E-state index contributed by atoms with van der Waals surface area (Å²) in [5.74, 6) is 1.80. The van der Waals surface area contributed by atoms with E-state index in [0.717, 1.165) is 18.1 Å². The van der Waals surface area contributed by atoms with Gasteiger partial charge in [-0.15, -0.1) is 24.0 Å². The average Bonchev–Trinajstić information content (AvgIpc) is 3.28. The molecule has 0 saturated carbocycles. The van der Waals surface area contributed by atoms with Crippen molar-refractivity contribution in [3.8, 4) is 11.6 Å². The van der Waals surface area contributed by atoms with Gasteiger partial charge in [0.2, 0.25) is 0 Å². The molecule has 162 valence electrons. The minimum atomic E-state index is 0. The van der Waals surface area contributed by atoms with Crippen LogP contribution in [0, 0.1) is 13.8 Å². The molecule has 3 heterocycles. The smallest absolute Gasteiger partial charge is 0.276 e. The maximum atomic E-state index is 5.28. The van der Waals surface area contributed by atoms with Crippen LogP contribution < -0.4 is 10.6 Å². The van der Waals surface area contributed by atoms with Crippen LogP contribution in [-0.2, 0) is 19.9 Å². The number of aliphatic imine (C=N–C) groups is 1. The van der Waals surface area contributed by atoms with Gasteiger partial charge in [0.15, 0.2) is 11.8 Å². The van der Waals surface area contributed by atoms with Crippen molar-refractivity contribution < 1.29 is 4.52 Å². The van der Waals surface area contributed by atoms with Gasteiger partial charge in [-0.1, -0.05) is 11.2 Å². The highest BCUT2D eigenvalue weighted by Gasteiger charge is 2.14. The van der Waals surface area contributed by atoms with E-state index in [-0.39, 0.29) is 30.0 Å². The van der Waals surface area contributed by atoms with E-state index >= 15 is 0 Å². The summed E-state index contributed by atoms with van der Waals surface area (Å²) in [4.78, 5) is 12.9. The lowest BCUT2D eigenvalue weighted by molar-refractivity contribution is 0.421. The molecule has 3 rings (SSSR count). The van der Waals surface area contributed by atoms with Crippen LogP contribution in [0.2, 0.25) is 0 Å². The molecule has 0 aliphatic heterocycles. The van der Waals surface area contributed by atoms with Crippen molar-refractivity contribution in [2.75, 3.05) is 13.6 Å². The fourth-order valence-electron chi connectivity index (χ4n) is 3.14. The van der Waals surface area contributed by atoms with Gasteiger partial charge in [0, 0.05) is 45.0 Å². The number of hydrogen-bond acceptors (Lipinski definition) is 6. The third kappa shape index (κ3) is 6.00. The minimum absolute atomic E-state index is 0. The number of nitrogens with one attached hydrogen (secondary N) is 2. The molecule has 9 nitrogen and oxygen atoms in total. The van der Waals surface area contributed by atoms with Gasteiger partial charge >= 0.3 is 0 Å². The topological polar surface area (TPSA) is 106 Å². The second-order valence-electron chi connectivity index (χ2n) is 7.00. The molecular weight excluding hydrogens is 495 g/mol. The summed E-state index contributed by atoms with van der Waals surface area (Å²) in [5, 5.41) is 15.2. The lowest BCUT2D eigenvalue weighted by Crippen LogP contribution is -2.43. The molecule has 1 atom stereocenters. The molecule has 3 aromatic heterocycles. The molecule has 0 saturated heterocycles. The van der Waals surface area contributed by atoms with Gasteiger partial charge in [0.05, 0.1) is 5.69 Å². The number of hydrogen-bond donors (Lipinski definition) is 2. The Bertz CT molecular complexity index is 967. The van der Waals surface area contributed by atoms with E-state index in [2.05, 4.69) is 49.7 Å². The number of pyridine rings is 1. The van der Waals surface area contributed by atoms with Crippen molar-refractivity contribution in [2.24, 2.45) is 12.0 Å². The van der Waals surface area contributed by atoms with Crippen LogP contribution in [-0.4, -0.2) is 50.5 Å². The second-order valence-corrected chi connectivity index (χ2v) is 7.00. The van der Waals surface area contributed by atoms with Crippen LogP contribution in [0.25, 0.3) is 11.6 Å². The van der Waals surface area contributed by atoms with Crippen LogP contribution >= 0.6 is 24.0 Å². The Labute approximate surface area is 193 Å². The SMILES string of the molecule is CN=C(NCCc1noc(-c2ccccn2)n1)NC(C)Cc1c(C)nn(C)c1C.I. The number of guanidine groups is 1. The van der Waals surface area contributed by atoms with Crippen LogP contribution in [0.1, 0.15) is 29.7 Å². The van der Waals surface area contributed by atoms with Crippen molar-refractivity contribution in [2.45, 2.75) is 39.7 Å². The Morgan fingerprint density at radius 3 is 2.73 bits per heavy atom. The number of aromatic nitrogens is 5. The van der Waals surface area contributed by atoms with E-state index in [1.807, 2.05) is 36.9 Å². The van der Waals surface area contributed by atoms with Crippen molar-refractivity contribution in [1.82, 2.24) is 35.5 Å². The zero-order valence-electron chi connectivity index (χ0n) is 18.0. The molecule has 1 unspecified atom stereocenters. The molecular formula is C20H29IN8O. The molecule has 0 radical (unpaired) electrons. The van der Waals surface area contributed by atoms with Crippen molar-refractivity contribution in [3.05, 3.63) is 47.2 Å². The highest BCUT2D eigenvalue weighted by molar-refractivity contribution is 14.0. The zero-order chi connectivity index (χ0) is 20.8. The minimum Gasteiger partial charge on any atom is -0.356 e. The molecule has 0 fully saturated rings. The Kier molecular flexibility index (Phi) is 8.75. The third-order valence-electron chi connectivity index (χ3n) is 4.77. The van der Waals surface area contributed by atoms with E-state index in [1.165, 1.54) is 11.3 Å². The lowest BCUT2D eigenvalue weighted by Gasteiger charge is -2.18. The van der Waals surface area contributed by atoms with Gasteiger partial charge in [0.25, 0.3) is 5.89 Å². The first-order valence-electron chi connectivity index (χ1n) is 9.68. The Morgan fingerprint density at radius 2 is 2.10 bits per heavy atom. The summed E-state index contributed by atoms with van der Waals surface area (Å²) < 4.78 is 7.21. The van der Waals surface area contributed by atoms with Gasteiger partial charge in [0.1, 0.15) is 5.69 Å². The molecule has 10 heteroatoms. The van der Waals surface area contributed by atoms with E-state index in [4.69, 9.17) is 4.52 Å². The van der Waals surface area contributed by atoms with Gasteiger partial charge < -0.3 is 15.2 Å². The van der Waals surface area contributed by atoms with Crippen molar-refractivity contribution >= 4 is 29.9 Å². The van der Waals surface area contributed by atoms with Crippen LogP contribution in [0.15, 0.2) is 33.9 Å². The van der Waals surface area contributed by atoms with Crippen LogP contribution in [0.5, 0.6) is 0 Å². The number of halogens is 1. The summed E-state index contributed by atoms with van der Waals surface area (Å²) in [5.41, 5.74) is 4.21. The Morgan fingerprint density at radius 1 is 1.30 bits per heavy atom. The standard InChI is InChI=1S/C20H28N8O.HI/c1-13(12-16-14(2)26-28(5)15(16)3)24-20(21-4)23-11-9-18-25-19(29-27-18)17-8-6-7-10-22-17;/h6-8,10,13H,9,11-12H2,1-5H3,(H2,21,23,24);1H. The number of rotatable bonds is 7. The maximum Gasteiger partial charge on any atom is 0.276 e. The molecule has 0 spiro atoms. The summed E-state index contributed by atoms with van der Waals surface area (Å²) in [6.07, 6.45) is 3.20. The molecule has 0 amide bonds. The molecule has 0 aromatic carbocycles. The summed E-state index contributed by atoms with van der Waals surface area (Å²) in [7, 11) is 3.73. The van der Waals surface area contributed by atoms with Gasteiger partial charge in [-0.2, -0.15) is 10.1 Å². The van der Waals surface area contributed by atoms with Crippen LogP contribution in [0.3, 0.4) is 0 Å². The Balaban J connectivity index is 0.00000320. The van der Waals surface area contributed by atoms with E-state index < -0.39 is 0 Å². The lowest BCUT2D eigenvalue weighted by atomic mass is 10.1. The quantitative estimate of drug-likeness (QED) is 0.278. The number of aryl methyl sites for hydroxylation is 2. The average molecular weight is 524 g/mol. The zero-order valence-corrected chi connectivity index (χ0v) is 20.3. The Hall–Kier alpha value is -2.50. The fourth-order valence-corrected chi connectivity index (χ4v) is 3.14. The third-order valence-corrected chi connectivity index (χ3v) is 4.77. The summed E-state index contributed by atoms with van der Waals surface area (Å²) in [6, 6.07) is 5.79. The number of nitrogens with zero attached hydrogens (tertiary/aromatic N) is 6. The predicted molar refractivity (Wildman–Crippen MR) is 127 cm³/mol. The molecule has 0 aliphatic carbocycles. The second kappa shape index (κ2) is 11.0. The molecule has 0 aliphatic rings. The van der Waals surface area contributed by atoms with Gasteiger partial charge in [-0.3, -0.25) is 14.7 Å². The molecule has 2 N–H and O–H groups in total. The highest BCUT2D eigenvalue weighted by Crippen LogP contribution is 2.14. The highest BCUT2D eigenvalue weighted by atomic mass is 127. The normalized spacial score (nSPS) is 12.4. The predicted octanol–water partition coefficient (Wildman–Crippen LogP) is 2.44. The first-order valence-corrected chi connectivity index (χ1v) is 9.68. The summed E-state index contributed by atoms with van der Waals surface area (Å²) in [6.45, 7) is 6.92. The fraction of sp³-hybridized carbons (Fsp3) is 0.450. The van der Waals surface area contributed by atoms with Gasteiger partial charge in [-0.05, 0) is 44.9 Å². The van der Waals surface area contributed by atoms with E-state index in [0.29, 0.717) is 30.4 Å². The maximum absolute atomic E-state index is 5.28. The van der Waals surface area contributed by atoms with E-state index in [1.54, 1.807) is 13.2 Å². The van der Waals surface area contributed by atoms with Crippen molar-refractivity contribution in [3.63, 3.8) is 0 Å². The molecule has 30 heavy (non-hydrogen) atoms. The van der Waals surface area contributed by atoms with Crippen molar-refractivity contribution in [1.29, 1.82) is 0 Å². The molecule has 3 aromatic rings. The summed E-state index contributed by atoms with van der Waals surface area (Å²) >= 11 is 0. The monoisotopic (exact) mass is 524 g/mol.